The van der Waals surface area contributed by atoms with Crippen LogP contribution in [0.2, 0.25) is 0 Å². The van der Waals surface area contributed by atoms with Gasteiger partial charge in [0.15, 0.2) is 5.69 Å². The van der Waals surface area contributed by atoms with Crippen molar-refractivity contribution in [2.45, 2.75) is 44.9 Å². The molecule has 0 aliphatic heterocycles. The lowest BCUT2D eigenvalue weighted by Crippen LogP contribution is -2.28. The van der Waals surface area contributed by atoms with E-state index in [4.69, 9.17) is 0 Å². The highest BCUT2D eigenvalue weighted by Crippen LogP contribution is 2.35. The second-order valence-electron chi connectivity index (χ2n) is 6.66. The molecule has 0 saturated carbocycles. The van der Waals surface area contributed by atoms with Crippen molar-refractivity contribution in [1.29, 1.82) is 0 Å². The Hall–Kier alpha value is -2.35. The van der Waals surface area contributed by atoms with Gasteiger partial charge in [0.05, 0.1) is 6.54 Å². The van der Waals surface area contributed by atoms with Crippen LogP contribution in [0.1, 0.15) is 34.7 Å². The molecule has 8 heteroatoms. The third-order valence-electron chi connectivity index (χ3n) is 4.76. The highest BCUT2D eigenvalue weighted by Gasteiger charge is 2.39. The number of hydrogen-bond donors (Lipinski definition) is 1. The Bertz CT molecular complexity index is 957. The summed E-state index contributed by atoms with van der Waals surface area (Å²) in [5, 5.41) is 7.63. The summed E-state index contributed by atoms with van der Waals surface area (Å²) in [5.41, 5.74) is -0.0360. The monoisotopic (exact) mass is 393 g/mol. The first-order valence-corrected chi connectivity index (χ1v) is 9.63. The average molecular weight is 393 g/mol. The number of aromatic nitrogens is 2. The van der Waals surface area contributed by atoms with E-state index in [9.17, 15) is 18.0 Å². The van der Waals surface area contributed by atoms with Gasteiger partial charge in [0.25, 0.3) is 0 Å². The molecule has 142 valence electrons. The number of amides is 1. The number of hydrogen-bond acceptors (Lipinski definition) is 3. The molecule has 2 aromatic heterocycles. The van der Waals surface area contributed by atoms with Gasteiger partial charge in [-0.3, -0.25) is 9.48 Å². The molecular formula is C19H18F3N3OS. The summed E-state index contributed by atoms with van der Waals surface area (Å²) >= 11 is 1.59. The lowest BCUT2D eigenvalue weighted by atomic mass is 9.95. The Balaban J connectivity index is 1.47. The molecule has 0 saturated heterocycles. The Morgan fingerprint density at radius 2 is 2.00 bits per heavy atom. The van der Waals surface area contributed by atoms with Gasteiger partial charge in [-0.1, -0.05) is 18.2 Å². The quantitative estimate of drug-likeness (QED) is 0.718. The third-order valence-corrected chi connectivity index (χ3v) is 5.87. The number of carbonyl (C=O) groups excluding carboxylic acids is 1. The van der Waals surface area contributed by atoms with Crippen LogP contribution in [0.15, 0.2) is 30.3 Å². The maximum atomic E-state index is 13.2. The molecule has 1 amide bonds. The topological polar surface area (TPSA) is 46.9 Å². The van der Waals surface area contributed by atoms with Crippen molar-refractivity contribution in [3.63, 3.8) is 0 Å². The van der Waals surface area contributed by atoms with Crippen molar-refractivity contribution in [1.82, 2.24) is 15.1 Å². The Labute approximate surface area is 158 Å². The molecule has 0 radical (unpaired) electrons. The third kappa shape index (κ3) is 3.71. The SMILES string of the molecule is O=C(Cn1nc(C(F)(F)F)c2c1CCCC2)NCc1cc2ccccc2s1. The fraction of sp³-hybridized carbons (Fsp3) is 0.368. The molecule has 27 heavy (non-hydrogen) atoms. The number of thiophene rings is 1. The van der Waals surface area contributed by atoms with Crippen LogP contribution in [-0.4, -0.2) is 15.7 Å². The molecule has 1 aliphatic rings. The second-order valence-corrected chi connectivity index (χ2v) is 7.83. The molecule has 1 aromatic carbocycles. The minimum absolute atomic E-state index is 0.191. The van der Waals surface area contributed by atoms with Crippen molar-refractivity contribution in [2.24, 2.45) is 0 Å². The molecule has 4 nitrogen and oxygen atoms in total. The van der Waals surface area contributed by atoms with Crippen LogP contribution in [0.25, 0.3) is 10.1 Å². The van der Waals surface area contributed by atoms with Gasteiger partial charge in [-0.05, 0) is 43.2 Å². The summed E-state index contributed by atoms with van der Waals surface area (Å²) in [6.45, 7) is 0.164. The Kier molecular flexibility index (Phi) is 4.67. The van der Waals surface area contributed by atoms with Gasteiger partial charge in [0.2, 0.25) is 5.91 Å². The number of alkyl halides is 3. The molecule has 0 fully saturated rings. The highest BCUT2D eigenvalue weighted by molar-refractivity contribution is 7.19. The fourth-order valence-electron chi connectivity index (χ4n) is 3.53. The van der Waals surface area contributed by atoms with E-state index in [0.717, 1.165) is 27.8 Å². The van der Waals surface area contributed by atoms with E-state index in [2.05, 4.69) is 10.4 Å². The molecule has 0 atom stereocenters. The zero-order chi connectivity index (χ0) is 19.0. The van der Waals surface area contributed by atoms with Crippen LogP contribution in [0.5, 0.6) is 0 Å². The van der Waals surface area contributed by atoms with E-state index in [0.29, 0.717) is 25.1 Å². The van der Waals surface area contributed by atoms with Gasteiger partial charge in [-0.2, -0.15) is 18.3 Å². The smallest absolute Gasteiger partial charge is 0.350 e. The predicted molar refractivity (Wildman–Crippen MR) is 97.5 cm³/mol. The average Bonchev–Trinajstić information content (AvgIpc) is 3.21. The van der Waals surface area contributed by atoms with Crippen molar-refractivity contribution >= 4 is 27.3 Å². The molecule has 0 bridgehead atoms. The Morgan fingerprint density at radius 3 is 2.78 bits per heavy atom. The molecular weight excluding hydrogens is 375 g/mol. The molecule has 0 spiro atoms. The van der Waals surface area contributed by atoms with E-state index in [-0.39, 0.29) is 18.0 Å². The first-order chi connectivity index (χ1) is 12.9. The lowest BCUT2D eigenvalue weighted by Gasteiger charge is -2.14. The van der Waals surface area contributed by atoms with Crippen LogP contribution in [0.4, 0.5) is 13.2 Å². The molecule has 2 heterocycles. The van der Waals surface area contributed by atoms with Crippen molar-refractivity contribution in [2.75, 3.05) is 0 Å². The summed E-state index contributed by atoms with van der Waals surface area (Å²) in [6, 6.07) is 9.94. The van der Waals surface area contributed by atoms with Crippen molar-refractivity contribution < 1.29 is 18.0 Å². The summed E-state index contributed by atoms with van der Waals surface area (Å²) in [7, 11) is 0. The van der Waals surface area contributed by atoms with Crippen LogP contribution >= 0.6 is 11.3 Å². The number of benzene rings is 1. The minimum Gasteiger partial charge on any atom is -0.350 e. The fourth-order valence-corrected chi connectivity index (χ4v) is 4.54. The van der Waals surface area contributed by atoms with Gasteiger partial charge in [0.1, 0.15) is 6.54 Å². The zero-order valence-electron chi connectivity index (χ0n) is 14.5. The van der Waals surface area contributed by atoms with Gasteiger partial charge < -0.3 is 5.32 Å². The van der Waals surface area contributed by atoms with Crippen molar-refractivity contribution in [3.8, 4) is 0 Å². The predicted octanol–water partition coefficient (Wildman–Crippen LogP) is 4.31. The van der Waals surface area contributed by atoms with Crippen molar-refractivity contribution in [3.05, 3.63) is 52.2 Å². The summed E-state index contributed by atoms with van der Waals surface area (Å²) in [4.78, 5) is 13.3. The van der Waals surface area contributed by atoms with Gasteiger partial charge >= 0.3 is 6.18 Å². The van der Waals surface area contributed by atoms with Gasteiger partial charge in [-0.15, -0.1) is 11.3 Å². The van der Waals surface area contributed by atoms with E-state index >= 15 is 0 Å². The first kappa shape index (κ1) is 18.0. The number of halogens is 3. The Morgan fingerprint density at radius 1 is 1.22 bits per heavy atom. The number of carbonyl (C=O) groups is 1. The van der Waals surface area contributed by atoms with E-state index in [1.807, 2.05) is 30.3 Å². The van der Waals surface area contributed by atoms with Gasteiger partial charge in [-0.25, -0.2) is 0 Å². The highest BCUT2D eigenvalue weighted by atomic mass is 32.1. The maximum absolute atomic E-state index is 13.2. The largest absolute Gasteiger partial charge is 0.435 e. The molecule has 1 N–H and O–H groups in total. The van der Waals surface area contributed by atoms with Gasteiger partial charge in [0, 0.05) is 20.8 Å². The number of rotatable bonds is 4. The first-order valence-electron chi connectivity index (χ1n) is 8.82. The van der Waals surface area contributed by atoms with E-state index in [1.165, 1.54) is 4.68 Å². The minimum atomic E-state index is -4.49. The number of nitrogens with one attached hydrogen (secondary N) is 1. The molecule has 0 unspecified atom stereocenters. The normalized spacial score (nSPS) is 14.3. The summed E-state index contributed by atoms with van der Waals surface area (Å²) < 4.78 is 42.0. The van der Waals surface area contributed by atoms with Crippen LogP contribution < -0.4 is 5.32 Å². The number of fused-ring (bicyclic) bond motifs is 2. The second kappa shape index (κ2) is 6.99. The standard InChI is InChI=1S/C19H18F3N3OS/c20-19(21,22)18-14-6-2-3-7-15(14)25(24-18)11-17(26)23-10-13-9-12-5-1-4-8-16(12)27-13/h1,4-5,8-9H,2-3,6-7,10-11H2,(H,23,26). The molecule has 3 aromatic rings. The summed E-state index contributed by atoms with van der Waals surface area (Å²) in [5.74, 6) is -0.336. The van der Waals surface area contributed by atoms with E-state index in [1.54, 1.807) is 11.3 Å². The summed E-state index contributed by atoms with van der Waals surface area (Å²) in [6.07, 6.45) is -2.05. The van der Waals surface area contributed by atoms with E-state index < -0.39 is 11.9 Å². The molecule has 4 rings (SSSR count). The van der Waals surface area contributed by atoms with Crippen LogP contribution in [0.3, 0.4) is 0 Å². The van der Waals surface area contributed by atoms with Crippen LogP contribution in [0, 0.1) is 0 Å². The molecule has 1 aliphatic carbocycles. The zero-order valence-corrected chi connectivity index (χ0v) is 15.3. The lowest BCUT2D eigenvalue weighted by molar-refractivity contribution is -0.142. The maximum Gasteiger partial charge on any atom is 0.435 e. The van der Waals surface area contributed by atoms with Crippen LogP contribution in [-0.2, 0) is 36.9 Å². The number of nitrogens with zero attached hydrogens (tertiary/aromatic N) is 2.